The predicted molar refractivity (Wildman–Crippen MR) is 122 cm³/mol. The Balaban J connectivity index is 1.46. The van der Waals surface area contributed by atoms with E-state index < -0.39 is 24.4 Å². The minimum absolute atomic E-state index is 0.279. The van der Waals surface area contributed by atoms with E-state index in [1.54, 1.807) is 48.7 Å². The highest BCUT2D eigenvalue weighted by atomic mass is 16.5. The Morgan fingerprint density at radius 1 is 0.970 bits per heavy atom. The summed E-state index contributed by atoms with van der Waals surface area (Å²) in [5, 5.41) is 8.20. The Labute approximate surface area is 191 Å². The molecule has 0 bridgehead atoms. The molecule has 1 heterocycles. The topological polar surface area (TPSA) is 119 Å². The van der Waals surface area contributed by atoms with Crippen LogP contribution in [0.2, 0.25) is 0 Å². The number of benzene rings is 2. The van der Waals surface area contributed by atoms with Crippen LogP contribution in [0.1, 0.15) is 21.7 Å². The molecule has 0 fully saturated rings. The van der Waals surface area contributed by atoms with E-state index in [0.29, 0.717) is 29.4 Å². The molecule has 0 saturated heterocycles. The van der Waals surface area contributed by atoms with Gasteiger partial charge in [0.15, 0.2) is 6.61 Å². The summed E-state index contributed by atoms with van der Waals surface area (Å²) >= 11 is 0. The van der Waals surface area contributed by atoms with Gasteiger partial charge in [-0.1, -0.05) is 18.2 Å². The van der Waals surface area contributed by atoms with Crippen molar-refractivity contribution in [1.29, 1.82) is 0 Å². The molecule has 0 aliphatic heterocycles. The van der Waals surface area contributed by atoms with Gasteiger partial charge in [0.2, 0.25) is 5.91 Å². The first-order valence-corrected chi connectivity index (χ1v) is 10.2. The van der Waals surface area contributed by atoms with E-state index in [1.807, 2.05) is 19.1 Å². The number of ether oxygens (including phenoxy) is 2. The maximum absolute atomic E-state index is 12.5. The van der Waals surface area contributed by atoms with E-state index >= 15 is 0 Å². The van der Waals surface area contributed by atoms with Gasteiger partial charge in [-0.3, -0.25) is 9.59 Å². The molecule has 0 aliphatic rings. The molecule has 33 heavy (non-hydrogen) atoms. The van der Waals surface area contributed by atoms with Crippen molar-refractivity contribution < 1.29 is 28.3 Å². The van der Waals surface area contributed by atoms with Gasteiger partial charge < -0.3 is 29.8 Å². The summed E-state index contributed by atoms with van der Waals surface area (Å²) in [5.41, 5.74) is 2.27. The van der Waals surface area contributed by atoms with Crippen LogP contribution in [-0.2, 0) is 20.9 Å². The summed E-state index contributed by atoms with van der Waals surface area (Å²) < 4.78 is 15.6. The van der Waals surface area contributed by atoms with E-state index in [2.05, 4.69) is 16.0 Å². The Kier molecular flexibility index (Phi) is 8.07. The SMILES string of the molecule is COc1ccc(C)cc1NC(=O)CNC(=O)COC(=O)c1ccccc1NCc1ccco1. The summed E-state index contributed by atoms with van der Waals surface area (Å²) in [6.45, 7) is 1.47. The molecule has 3 aromatic rings. The fraction of sp³-hybridized carbons (Fsp3) is 0.208. The second kappa shape index (κ2) is 11.4. The molecule has 2 amide bonds. The molecular formula is C24H25N3O6. The molecule has 1 aromatic heterocycles. The van der Waals surface area contributed by atoms with Crippen LogP contribution in [0.25, 0.3) is 0 Å². The number of hydrogen-bond acceptors (Lipinski definition) is 7. The lowest BCUT2D eigenvalue weighted by Crippen LogP contribution is -2.35. The maximum Gasteiger partial charge on any atom is 0.340 e. The minimum Gasteiger partial charge on any atom is -0.495 e. The summed E-state index contributed by atoms with van der Waals surface area (Å²) in [7, 11) is 1.50. The highest BCUT2D eigenvalue weighted by Crippen LogP contribution is 2.25. The lowest BCUT2D eigenvalue weighted by molar-refractivity contribution is -0.126. The molecule has 3 rings (SSSR count). The van der Waals surface area contributed by atoms with Crippen molar-refractivity contribution >= 4 is 29.2 Å². The monoisotopic (exact) mass is 451 g/mol. The second-order valence-corrected chi connectivity index (χ2v) is 7.08. The van der Waals surface area contributed by atoms with Gasteiger partial charge in [0.1, 0.15) is 11.5 Å². The summed E-state index contributed by atoms with van der Waals surface area (Å²) in [6, 6.07) is 15.7. The van der Waals surface area contributed by atoms with Crippen LogP contribution in [0.3, 0.4) is 0 Å². The number of carbonyl (C=O) groups is 3. The van der Waals surface area contributed by atoms with Gasteiger partial charge in [-0.05, 0) is 48.9 Å². The van der Waals surface area contributed by atoms with E-state index in [4.69, 9.17) is 13.9 Å². The van der Waals surface area contributed by atoms with Crippen molar-refractivity contribution in [3.05, 3.63) is 77.7 Å². The zero-order chi connectivity index (χ0) is 23.6. The number of methoxy groups -OCH3 is 1. The van der Waals surface area contributed by atoms with Crippen molar-refractivity contribution in [2.24, 2.45) is 0 Å². The highest BCUT2D eigenvalue weighted by molar-refractivity contribution is 5.98. The van der Waals surface area contributed by atoms with E-state index in [-0.39, 0.29) is 12.1 Å². The number of esters is 1. The Hall–Kier alpha value is -4.27. The molecule has 0 spiro atoms. The van der Waals surface area contributed by atoms with Crippen LogP contribution in [0.5, 0.6) is 5.75 Å². The van der Waals surface area contributed by atoms with Gasteiger partial charge in [0, 0.05) is 5.69 Å². The van der Waals surface area contributed by atoms with Crippen LogP contribution >= 0.6 is 0 Å². The third-order valence-corrected chi connectivity index (χ3v) is 4.59. The number of rotatable bonds is 10. The standard InChI is InChI=1S/C24H25N3O6/c1-16-9-10-21(31-2)20(12-16)27-22(28)14-26-23(29)15-33-24(30)18-7-3-4-8-19(18)25-13-17-6-5-11-32-17/h3-12,25H,13-15H2,1-2H3,(H,26,29)(H,27,28). The van der Waals surface area contributed by atoms with Crippen molar-refractivity contribution in [3.8, 4) is 5.75 Å². The number of nitrogens with one attached hydrogen (secondary N) is 3. The average Bonchev–Trinajstić information content (AvgIpc) is 3.34. The zero-order valence-corrected chi connectivity index (χ0v) is 18.3. The molecular weight excluding hydrogens is 426 g/mol. The minimum atomic E-state index is -0.665. The Bertz CT molecular complexity index is 1110. The molecule has 3 N–H and O–H groups in total. The predicted octanol–water partition coefficient (Wildman–Crippen LogP) is 3.12. The van der Waals surface area contributed by atoms with Crippen molar-refractivity contribution in [3.63, 3.8) is 0 Å². The zero-order valence-electron chi connectivity index (χ0n) is 18.3. The summed E-state index contributed by atoms with van der Waals surface area (Å²) in [4.78, 5) is 36.7. The third-order valence-electron chi connectivity index (χ3n) is 4.59. The molecule has 0 radical (unpaired) electrons. The number of carbonyl (C=O) groups excluding carboxylic acids is 3. The molecule has 0 saturated carbocycles. The fourth-order valence-electron chi connectivity index (χ4n) is 2.96. The molecule has 0 atom stereocenters. The van der Waals surface area contributed by atoms with Gasteiger partial charge in [-0.15, -0.1) is 0 Å². The largest absolute Gasteiger partial charge is 0.495 e. The Morgan fingerprint density at radius 2 is 1.79 bits per heavy atom. The summed E-state index contributed by atoms with van der Waals surface area (Å²) in [6.07, 6.45) is 1.56. The van der Waals surface area contributed by atoms with Gasteiger partial charge in [0.25, 0.3) is 5.91 Å². The van der Waals surface area contributed by atoms with Crippen LogP contribution in [-0.4, -0.2) is 38.0 Å². The molecule has 9 nitrogen and oxygen atoms in total. The van der Waals surface area contributed by atoms with Crippen molar-refractivity contribution in [2.45, 2.75) is 13.5 Å². The normalized spacial score (nSPS) is 10.2. The third kappa shape index (κ3) is 6.86. The fourth-order valence-corrected chi connectivity index (χ4v) is 2.96. The number of hydrogen-bond donors (Lipinski definition) is 3. The number of furan rings is 1. The van der Waals surface area contributed by atoms with E-state index in [0.717, 1.165) is 5.56 Å². The lowest BCUT2D eigenvalue weighted by Gasteiger charge is -2.12. The van der Waals surface area contributed by atoms with Crippen molar-refractivity contribution in [1.82, 2.24) is 5.32 Å². The summed E-state index contributed by atoms with van der Waals surface area (Å²) in [5.74, 6) is -0.490. The maximum atomic E-state index is 12.5. The first kappa shape index (κ1) is 23.4. The second-order valence-electron chi connectivity index (χ2n) is 7.08. The molecule has 2 aromatic carbocycles. The molecule has 0 aliphatic carbocycles. The van der Waals surface area contributed by atoms with E-state index in [9.17, 15) is 14.4 Å². The van der Waals surface area contributed by atoms with Gasteiger partial charge in [0.05, 0.1) is 37.7 Å². The first-order chi connectivity index (χ1) is 16.0. The number of aryl methyl sites for hydroxylation is 1. The first-order valence-electron chi connectivity index (χ1n) is 10.2. The smallest absolute Gasteiger partial charge is 0.340 e. The molecule has 0 unspecified atom stereocenters. The van der Waals surface area contributed by atoms with Crippen LogP contribution in [0, 0.1) is 6.92 Å². The van der Waals surface area contributed by atoms with Gasteiger partial charge >= 0.3 is 5.97 Å². The van der Waals surface area contributed by atoms with Crippen LogP contribution < -0.4 is 20.7 Å². The number of amides is 2. The number of anilines is 2. The number of para-hydroxylation sites is 1. The van der Waals surface area contributed by atoms with Crippen molar-refractivity contribution in [2.75, 3.05) is 30.9 Å². The molecule has 172 valence electrons. The average molecular weight is 451 g/mol. The Morgan fingerprint density at radius 3 is 2.55 bits per heavy atom. The quantitative estimate of drug-likeness (QED) is 0.405. The van der Waals surface area contributed by atoms with Gasteiger partial charge in [-0.25, -0.2) is 4.79 Å². The van der Waals surface area contributed by atoms with Crippen LogP contribution in [0.15, 0.2) is 65.3 Å². The lowest BCUT2D eigenvalue weighted by atomic mass is 10.2. The van der Waals surface area contributed by atoms with Gasteiger partial charge in [-0.2, -0.15) is 0 Å². The molecule has 9 heteroatoms. The van der Waals surface area contributed by atoms with E-state index in [1.165, 1.54) is 7.11 Å². The van der Waals surface area contributed by atoms with Crippen LogP contribution in [0.4, 0.5) is 11.4 Å². The highest BCUT2D eigenvalue weighted by Gasteiger charge is 2.15.